The van der Waals surface area contributed by atoms with Crippen molar-refractivity contribution in [1.29, 1.82) is 0 Å². The number of benzene rings is 1. The van der Waals surface area contributed by atoms with Crippen LogP contribution in [0.3, 0.4) is 0 Å². The van der Waals surface area contributed by atoms with Gasteiger partial charge in [-0.2, -0.15) is 0 Å². The van der Waals surface area contributed by atoms with Gasteiger partial charge in [-0.3, -0.25) is 9.89 Å². The van der Waals surface area contributed by atoms with Gasteiger partial charge in [-0.15, -0.1) is 34.2 Å². The number of hydrogen-bond acceptors (Lipinski definition) is 5. The molecule has 0 bridgehead atoms. The summed E-state index contributed by atoms with van der Waals surface area (Å²) >= 11 is 0. The number of hydrogen-bond donors (Lipinski definition) is 2. The number of likely N-dealkylation sites (tertiary alicyclic amines) is 1. The predicted molar refractivity (Wildman–Crippen MR) is 145 cm³/mol. The van der Waals surface area contributed by atoms with E-state index in [2.05, 4.69) is 63.2 Å². The average Bonchev–Trinajstić information content (AvgIpc) is 3.51. The molecule has 2 atom stereocenters. The fraction of sp³-hybridized carbons (Fsp3) is 0.625. The number of guanidine groups is 1. The standard InChI is InChI=1S/C24H39N7O.HI/c1-5-19(3)28-24(25-13-16-31-18-27-29-23(31)6-2)26-17-21(30-14-9-10-15-30)20-11-7-8-12-22(20)32-4;/h7-8,11-12,18-19,21H,5-6,9-10,13-17H2,1-4H3,(H2,25,26,28);1H. The fourth-order valence-corrected chi connectivity index (χ4v) is 4.11. The van der Waals surface area contributed by atoms with E-state index in [-0.39, 0.29) is 30.0 Å². The molecule has 3 rings (SSSR count). The number of para-hydroxylation sites is 1. The molecule has 0 saturated carbocycles. The summed E-state index contributed by atoms with van der Waals surface area (Å²) in [6.07, 6.45) is 6.19. The lowest BCUT2D eigenvalue weighted by Crippen LogP contribution is -2.43. The number of rotatable bonds is 11. The zero-order chi connectivity index (χ0) is 22.8. The predicted octanol–water partition coefficient (Wildman–Crippen LogP) is 3.64. The molecule has 1 fully saturated rings. The summed E-state index contributed by atoms with van der Waals surface area (Å²) < 4.78 is 7.77. The van der Waals surface area contributed by atoms with Crippen molar-refractivity contribution < 1.29 is 4.74 Å². The summed E-state index contributed by atoms with van der Waals surface area (Å²) in [7, 11) is 1.75. The van der Waals surface area contributed by atoms with E-state index in [0.717, 1.165) is 56.6 Å². The maximum atomic E-state index is 5.68. The molecule has 1 aliphatic heterocycles. The Bertz CT molecular complexity index is 851. The van der Waals surface area contributed by atoms with Gasteiger partial charge in [0, 0.05) is 31.1 Å². The molecule has 1 aromatic carbocycles. The highest BCUT2D eigenvalue weighted by Gasteiger charge is 2.25. The molecule has 9 heteroatoms. The Morgan fingerprint density at radius 3 is 2.67 bits per heavy atom. The number of aryl methyl sites for hydroxylation is 1. The minimum absolute atomic E-state index is 0. The molecular weight excluding hydrogens is 529 g/mol. The molecule has 1 aromatic heterocycles. The van der Waals surface area contributed by atoms with Crippen LogP contribution in [-0.2, 0) is 13.0 Å². The van der Waals surface area contributed by atoms with E-state index in [1.165, 1.54) is 18.4 Å². The van der Waals surface area contributed by atoms with Gasteiger partial charge in [-0.05, 0) is 45.3 Å². The van der Waals surface area contributed by atoms with Crippen LogP contribution in [0.25, 0.3) is 0 Å². The van der Waals surface area contributed by atoms with Crippen LogP contribution in [0.5, 0.6) is 5.75 Å². The highest BCUT2D eigenvalue weighted by atomic mass is 127. The first-order valence-corrected chi connectivity index (χ1v) is 11.9. The van der Waals surface area contributed by atoms with E-state index in [0.29, 0.717) is 12.6 Å². The summed E-state index contributed by atoms with van der Waals surface area (Å²) in [6, 6.07) is 8.88. The summed E-state index contributed by atoms with van der Waals surface area (Å²) in [5, 5.41) is 15.3. The molecule has 1 saturated heterocycles. The molecule has 0 amide bonds. The maximum absolute atomic E-state index is 5.68. The van der Waals surface area contributed by atoms with E-state index in [9.17, 15) is 0 Å². The number of nitrogens with zero attached hydrogens (tertiary/aromatic N) is 5. The Morgan fingerprint density at radius 2 is 1.97 bits per heavy atom. The van der Waals surface area contributed by atoms with Gasteiger partial charge in [0.2, 0.25) is 0 Å². The van der Waals surface area contributed by atoms with Crippen molar-refractivity contribution in [1.82, 2.24) is 30.3 Å². The molecular formula is C24H40IN7O. The third-order valence-corrected chi connectivity index (χ3v) is 6.15. The Morgan fingerprint density at radius 1 is 1.21 bits per heavy atom. The van der Waals surface area contributed by atoms with Gasteiger partial charge in [0.05, 0.1) is 19.7 Å². The topological polar surface area (TPSA) is 79.6 Å². The quantitative estimate of drug-likeness (QED) is 0.245. The molecule has 2 N–H and O–H groups in total. The number of ether oxygens (including phenoxy) is 1. The van der Waals surface area contributed by atoms with E-state index in [1.54, 1.807) is 13.4 Å². The van der Waals surface area contributed by atoms with Gasteiger partial charge >= 0.3 is 0 Å². The van der Waals surface area contributed by atoms with Crippen LogP contribution in [0.15, 0.2) is 35.6 Å². The second-order valence-electron chi connectivity index (χ2n) is 8.36. The first-order valence-electron chi connectivity index (χ1n) is 11.9. The van der Waals surface area contributed by atoms with Crippen LogP contribution in [0.1, 0.15) is 57.5 Å². The van der Waals surface area contributed by atoms with E-state index >= 15 is 0 Å². The maximum Gasteiger partial charge on any atom is 0.191 e. The van der Waals surface area contributed by atoms with Crippen LogP contribution in [0.2, 0.25) is 0 Å². The molecule has 184 valence electrons. The number of halogens is 1. The monoisotopic (exact) mass is 569 g/mol. The minimum Gasteiger partial charge on any atom is -0.496 e. The molecule has 2 unspecified atom stereocenters. The average molecular weight is 570 g/mol. The van der Waals surface area contributed by atoms with Crippen LogP contribution in [-0.4, -0.2) is 65.0 Å². The molecule has 1 aliphatic rings. The number of aliphatic imine (C=N–C) groups is 1. The zero-order valence-electron chi connectivity index (χ0n) is 20.5. The van der Waals surface area contributed by atoms with Crippen molar-refractivity contribution in [2.75, 3.05) is 33.3 Å². The Labute approximate surface area is 215 Å². The van der Waals surface area contributed by atoms with Crippen molar-refractivity contribution in [2.24, 2.45) is 4.99 Å². The number of aromatic nitrogens is 3. The van der Waals surface area contributed by atoms with Crippen LogP contribution < -0.4 is 15.4 Å². The molecule has 2 heterocycles. The van der Waals surface area contributed by atoms with Gasteiger partial charge < -0.3 is 19.9 Å². The number of nitrogens with one attached hydrogen (secondary N) is 2. The Balaban J connectivity index is 0.00000385. The normalized spacial score (nSPS) is 16.2. The number of methoxy groups -OCH3 is 1. The third kappa shape index (κ3) is 7.84. The van der Waals surface area contributed by atoms with Crippen LogP contribution in [0.4, 0.5) is 0 Å². The van der Waals surface area contributed by atoms with Gasteiger partial charge in [-0.25, -0.2) is 0 Å². The lowest BCUT2D eigenvalue weighted by Gasteiger charge is -2.28. The van der Waals surface area contributed by atoms with Crippen molar-refractivity contribution in [3.8, 4) is 5.75 Å². The first kappa shape index (κ1) is 27.4. The Kier molecular flexibility index (Phi) is 11.9. The minimum atomic E-state index is 0. The summed E-state index contributed by atoms with van der Waals surface area (Å²) in [5.74, 6) is 2.79. The van der Waals surface area contributed by atoms with Crippen molar-refractivity contribution >= 4 is 29.9 Å². The highest BCUT2D eigenvalue weighted by molar-refractivity contribution is 14.0. The van der Waals surface area contributed by atoms with Crippen LogP contribution >= 0.6 is 24.0 Å². The smallest absolute Gasteiger partial charge is 0.191 e. The van der Waals surface area contributed by atoms with Gasteiger partial charge in [0.15, 0.2) is 5.96 Å². The van der Waals surface area contributed by atoms with Crippen molar-refractivity contribution in [2.45, 2.75) is 65.1 Å². The zero-order valence-corrected chi connectivity index (χ0v) is 22.8. The van der Waals surface area contributed by atoms with Crippen molar-refractivity contribution in [3.63, 3.8) is 0 Å². The summed E-state index contributed by atoms with van der Waals surface area (Å²) in [5.41, 5.74) is 1.21. The molecule has 2 aromatic rings. The Hall–Kier alpha value is -1.88. The molecule has 0 spiro atoms. The first-order chi connectivity index (χ1) is 15.7. The third-order valence-electron chi connectivity index (χ3n) is 6.15. The van der Waals surface area contributed by atoms with E-state index in [1.807, 2.05) is 12.1 Å². The second kappa shape index (κ2) is 14.4. The molecule has 33 heavy (non-hydrogen) atoms. The second-order valence-corrected chi connectivity index (χ2v) is 8.36. The van der Waals surface area contributed by atoms with Crippen LogP contribution in [0, 0.1) is 0 Å². The lowest BCUT2D eigenvalue weighted by atomic mass is 10.0. The molecule has 0 aliphatic carbocycles. The van der Waals surface area contributed by atoms with Gasteiger partial charge in [-0.1, -0.05) is 32.0 Å². The van der Waals surface area contributed by atoms with E-state index < -0.39 is 0 Å². The highest BCUT2D eigenvalue weighted by Crippen LogP contribution is 2.31. The summed E-state index contributed by atoms with van der Waals surface area (Å²) in [4.78, 5) is 7.56. The molecule has 8 nitrogen and oxygen atoms in total. The SMILES string of the molecule is CCc1nncn1CCNC(=NCC(c1ccccc1OC)N1CCCC1)NC(C)CC.I. The summed E-state index contributed by atoms with van der Waals surface area (Å²) in [6.45, 7) is 10.9. The van der Waals surface area contributed by atoms with Gasteiger partial charge in [0.25, 0.3) is 0 Å². The molecule has 0 radical (unpaired) electrons. The lowest BCUT2D eigenvalue weighted by molar-refractivity contribution is 0.245. The fourth-order valence-electron chi connectivity index (χ4n) is 4.11. The van der Waals surface area contributed by atoms with Gasteiger partial charge in [0.1, 0.15) is 17.9 Å². The van der Waals surface area contributed by atoms with E-state index in [4.69, 9.17) is 9.73 Å². The largest absolute Gasteiger partial charge is 0.496 e. The van der Waals surface area contributed by atoms with Crippen molar-refractivity contribution in [3.05, 3.63) is 42.0 Å².